The number of benzene rings is 19. The highest BCUT2D eigenvalue weighted by atomic mass is 14.4. The van der Waals surface area contributed by atoms with Gasteiger partial charge in [-0.1, -0.05) is 371 Å². The summed E-state index contributed by atoms with van der Waals surface area (Å²) in [5.74, 6) is 0. The first kappa shape index (κ1) is 67.6. The summed E-state index contributed by atoms with van der Waals surface area (Å²) in [7, 11) is 0. The van der Waals surface area contributed by atoms with E-state index in [4.69, 9.17) is 0 Å². The SMILES string of the molecule is CC1(C)c2ccccc2-c2ccc(-c3c4ccccc4c(-c4ccc(-c5ccc6ccccc6c5)cc4)c4cc(-c5ccc6ccccc6c5)ccc34)cc21.CC1(C)c2ccccc2-c2ccc(-c3ccc4c(-c5ccc6c(c5)C(C)(C)c5ccccc5-6)c5ccccc5c(-c5ccc6c(c5)C(C)(C)c5ccccc5-6)c4c3)cc21. The van der Waals surface area contributed by atoms with Gasteiger partial charge in [-0.15, -0.1) is 0 Å². The van der Waals surface area contributed by atoms with E-state index in [1.165, 1.54) is 232 Å². The molecule has 0 nitrogen and oxygen atoms in total. The summed E-state index contributed by atoms with van der Waals surface area (Å²) in [6.07, 6.45) is 0. The predicted octanol–water partition coefficient (Wildman–Crippen LogP) is 31.2. The highest BCUT2D eigenvalue weighted by Crippen LogP contribution is 2.57. The van der Waals surface area contributed by atoms with E-state index in [2.05, 4.69) is 419 Å². The largest absolute Gasteiger partial charge is 0.0619 e. The van der Waals surface area contributed by atoms with E-state index in [0.717, 1.165) is 0 Å². The molecule has 0 spiro atoms. The zero-order valence-electron chi connectivity index (χ0n) is 65.6. The fourth-order valence-electron chi connectivity index (χ4n) is 21.0. The molecule has 0 radical (unpaired) electrons. The lowest BCUT2D eigenvalue weighted by atomic mass is 9.79. The van der Waals surface area contributed by atoms with Crippen LogP contribution in [0.4, 0.5) is 0 Å². The summed E-state index contributed by atoms with van der Waals surface area (Å²) >= 11 is 0. The van der Waals surface area contributed by atoms with Crippen LogP contribution >= 0.6 is 0 Å². The smallest absolute Gasteiger partial charge is 0.0159 e. The number of fused-ring (bicyclic) bond motifs is 18. The summed E-state index contributed by atoms with van der Waals surface area (Å²) in [6, 6.07) is 137. The molecule has 0 aliphatic heterocycles. The van der Waals surface area contributed by atoms with Crippen molar-refractivity contribution in [3.05, 3.63) is 408 Å². The maximum atomic E-state index is 2.51. The summed E-state index contributed by atoms with van der Waals surface area (Å²) in [5.41, 5.74) is 39.3. The van der Waals surface area contributed by atoms with Gasteiger partial charge in [0.25, 0.3) is 0 Å². The molecule has 4 aliphatic carbocycles. The van der Waals surface area contributed by atoms with Gasteiger partial charge in [-0.05, 0) is 280 Å². The Morgan fingerprint density at radius 2 is 0.351 bits per heavy atom. The summed E-state index contributed by atoms with van der Waals surface area (Å²) in [5, 5.41) is 15.3. The molecular weight excluding hydrogens is 1370 g/mol. The maximum absolute atomic E-state index is 2.51. The fourth-order valence-corrected chi connectivity index (χ4v) is 21.0. The van der Waals surface area contributed by atoms with Crippen molar-refractivity contribution in [3.8, 4) is 122 Å². The maximum Gasteiger partial charge on any atom is 0.0159 e. The first-order valence-corrected chi connectivity index (χ1v) is 40.6. The van der Waals surface area contributed by atoms with Crippen molar-refractivity contribution >= 4 is 64.6 Å². The van der Waals surface area contributed by atoms with Crippen LogP contribution in [0.25, 0.3) is 187 Å². The van der Waals surface area contributed by atoms with Crippen LogP contribution in [0, 0.1) is 0 Å². The Morgan fingerprint density at radius 3 is 0.719 bits per heavy atom. The van der Waals surface area contributed by atoms with Crippen molar-refractivity contribution < 1.29 is 0 Å². The van der Waals surface area contributed by atoms with Crippen molar-refractivity contribution in [1.29, 1.82) is 0 Å². The highest BCUT2D eigenvalue weighted by molar-refractivity contribution is 6.24. The normalized spacial score (nSPS) is 14.4. The second-order valence-electron chi connectivity index (χ2n) is 34.5. The minimum atomic E-state index is -0.0950. The Morgan fingerprint density at radius 1 is 0.132 bits per heavy atom. The highest BCUT2D eigenvalue weighted by Gasteiger charge is 2.40. The van der Waals surface area contributed by atoms with E-state index in [-0.39, 0.29) is 21.7 Å². The average Bonchev–Trinajstić information content (AvgIpc) is 1.18. The van der Waals surface area contributed by atoms with Gasteiger partial charge in [0.15, 0.2) is 0 Å². The first-order chi connectivity index (χ1) is 55.5. The predicted molar refractivity (Wildman–Crippen MR) is 486 cm³/mol. The van der Waals surface area contributed by atoms with Crippen LogP contribution in [0.1, 0.15) is 99.9 Å². The number of rotatable bonds is 7. The molecule has 540 valence electrons. The van der Waals surface area contributed by atoms with Gasteiger partial charge in [0.2, 0.25) is 0 Å². The lowest BCUT2D eigenvalue weighted by Crippen LogP contribution is -2.15. The average molecular weight is 1450 g/mol. The minimum Gasteiger partial charge on any atom is -0.0619 e. The van der Waals surface area contributed by atoms with Gasteiger partial charge in [0, 0.05) is 21.7 Å². The van der Waals surface area contributed by atoms with E-state index in [1.807, 2.05) is 0 Å². The molecule has 0 unspecified atom stereocenters. The third-order valence-electron chi connectivity index (χ3n) is 26.9. The molecule has 23 rings (SSSR count). The Balaban J connectivity index is 0.000000139. The third kappa shape index (κ3) is 10.2. The molecule has 0 aromatic heterocycles. The molecule has 0 saturated heterocycles. The van der Waals surface area contributed by atoms with Crippen molar-refractivity contribution in [3.63, 3.8) is 0 Å². The number of hydrogen-bond donors (Lipinski definition) is 0. The van der Waals surface area contributed by atoms with E-state index < -0.39 is 0 Å². The van der Waals surface area contributed by atoms with Gasteiger partial charge >= 0.3 is 0 Å². The van der Waals surface area contributed by atoms with Gasteiger partial charge in [-0.3, -0.25) is 0 Å². The van der Waals surface area contributed by atoms with E-state index in [9.17, 15) is 0 Å². The molecule has 0 bridgehead atoms. The molecule has 0 saturated carbocycles. The second-order valence-corrected chi connectivity index (χ2v) is 34.5. The quantitative estimate of drug-likeness (QED) is 0.140. The Labute approximate surface area is 668 Å². The third-order valence-corrected chi connectivity index (χ3v) is 26.9. The van der Waals surface area contributed by atoms with Crippen LogP contribution in [0.2, 0.25) is 0 Å². The van der Waals surface area contributed by atoms with Crippen LogP contribution in [0.5, 0.6) is 0 Å². The van der Waals surface area contributed by atoms with E-state index in [0.29, 0.717) is 0 Å². The van der Waals surface area contributed by atoms with Crippen molar-refractivity contribution in [1.82, 2.24) is 0 Å². The van der Waals surface area contributed by atoms with Crippen LogP contribution in [-0.4, -0.2) is 0 Å². The lowest BCUT2D eigenvalue weighted by Gasteiger charge is -2.24. The van der Waals surface area contributed by atoms with Crippen LogP contribution in [0.15, 0.2) is 364 Å². The zero-order chi connectivity index (χ0) is 76.7. The molecule has 0 N–H and O–H groups in total. The van der Waals surface area contributed by atoms with Gasteiger partial charge in [-0.25, -0.2) is 0 Å². The monoisotopic (exact) mass is 1450 g/mol. The molecule has 19 aromatic carbocycles. The fraction of sp³-hybridized carbons (Fsp3) is 0.105. The van der Waals surface area contributed by atoms with Crippen LogP contribution in [-0.2, 0) is 21.7 Å². The van der Waals surface area contributed by atoms with E-state index >= 15 is 0 Å². The molecule has 0 heteroatoms. The Kier molecular flexibility index (Phi) is 14.9. The zero-order valence-corrected chi connectivity index (χ0v) is 65.6. The molecule has 0 heterocycles. The van der Waals surface area contributed by atoms with Crippen LogP contribution in [0.3, 0.4) is 0 Å². The van der Waals surface area contributed by atoms with Gasteiger partial charge in [0.1, 0.15) is 0 Å². The molecule has 0 fully saturated rings. The number of hydrogen-bond acceptors (Lipinski definition) is 0. The lowest BCUT2D eigenvalue weighted by molar-refractivity contribution is 0.660. The topological polar surface area (TPSA) is 0 Å². The summed E-state index contributed by atoms with van der Waals surface area (Å²) < 4.78 is 0. The van der Waals surface area contributed by atoms with Gasteiger partial charge in [0.05, 0.1) is 0 Å². The Hall–Kier alpha value is -13.3. The van der Waals surface area contributed by atoms with E-state index in [1.54, 1.807) is 0 Å². The molecule has 4 aliphatic rings. The van der Waals surface area contributed by atoms with Crippen molar-refractivity contribution in [2.45, 2.75) is 77.0 Å². The molecule has 19 aromatic rings. The molecule has 0 amide bonds. The minimum absolute atomic E-state index is 0.0664. The van der Waals surface area contributed by atoms with Gasteiger partial charge in [-0.2, -0.15) is 0 Å². The first-order valence-electron chi connectivity index (χ1n) is 40.6. The van der Waals surface area contributed by atoms with Gasteiger partial charge < -0.3 is 0 Å². The standard InChI is InChI=1S/C59H46.C55H38/c1-57(2)49-20-12-9-15-39(49)42-27-23-36(32-52(42)57)35-24-30-47-48(31-35)56(38-26-29-44-41-17-11-14-22-51(41)59(5,6)54(44)34-38)46-19-8-7-18-45(46)55(47)37-25-28-43-40-16-10-13-21-50(40)58(3,4)53(43)33-37;1-55(2)51-18-10-9-15-45(51)46-29-28-44(34-52(46)55)54-48-17-8-7-16-47(48)53(38-23-19-37(20-24-38)41-25-21-35-11-3-5-13-39(35)31-41)50-33-43(27-30-49(50)54)42-26-22-36-12-4-6-14-40(36)32-42/h7-34H,1-6H3;3-34H,1-2H3. The summed E-state index contributed by atoms with van der Waals surface area (Å²) in [4.78, 5) is 0. The van der Waals surface area contributed by atoms with Crippen molar-refractivity contribution in [2.24, 2.45) is 0 Å². The summed E-state index contributed by atoms with van der Waals surface area (Å²) in [6.45, 7) is 19.1. The second kappa shape index (κ2) is 25.1. The van der Waals surface area contributed by atoms with Crippen LogP contribution < -0.4 is 0 Å². The molecule has 0 atom stereocenters. The van der Waals surface area contributed by atoms with Crippen molar-refractivity contribution in [2.75, 3.05) is 0 Å². The Bertz CT molecular complexity index is 7330. The molecule has 114 heavy (non-hydrogen) atoms. The molecular formula is C114H84.